The molecule has 1 heterocycles. The molecule has 1 atom stereocenters. The number of benzene rings is 2. The molecule has 0 aliphatic heterocycles. The van der Waals surface area contributed by atoms with Crippen LogP contribution in [0, 0.1) is 17.0 Å². The normalized spacial score (nSPS) is 20.7. The molecule has 2 aliphatic carbocycles. The number of hydrogen-bond donors (Lipinski definition) is 0. The van der Waals surface area contributed by atoms with E-state index in [-0.39, 0.29) is 0 Å². The summed E-state index contributed by atoms with van der Waals surface area (Å²) < 4.78 is 29.6. The first-order valence-electron chi connectivity index (χ1n) is 9.60. The van der Waals surface area contributed by atoms with Gasteiger partial charge < -0.3 is 4.57 Å². The molecule has 3 heteroatoms. The lowest BCUT2D eigenvalue weighted by Crippen LogP contribution is -2.15. The molecule has 1 spiro atoms. The van der Waals surface area contributed by atoms with Crippen molar-refractivity contribution in [2.24, 2.45) is 5.41 Å². The Morgan fingerprint density at radius 3 is 2.42 bits per heavy atom. The molecule has 134 valence electrons. The summed E-state index contributed by atoms with van der Waals surface area (Å²) in [6.07, 6.45) is 5.29. The van der Waals surface area contributed by atoms with Crippen molar-refractivity contribution in [3.63, 3.8) is 0 Å². The smallest absolute Gasteiger partial charge is 0.160 e. The van der Waals surface area contributed by atoms with Crippen molar-refractivity contribution in [3.05, 3.63) is 65.4 Å². The average Bonchev–Trinajstić information content (AvgIpc) is 3.26. The molecule has 1 nitrogen and oxygen atoms in total. The third-order valence-electron chi connectivity index (χ3n) is 6.55. The minimum Gasteiger partial charge on any atom is -0.313 e. The van der Waals surface area contributed by atoms with Crippen molar-refractivity contribution in [2.75, 3.05) is 0 Å². The minimum absolute atomic E-state index is 0.309. The van der Waals surface area contributed by atoms with Gasteiger partial charge in [-0.25, -0.2) is 8.78 Å². The van der Waals surface area contributed by atoms with Gasteiger partial charge in [0, 0.05) is 22.8 Å². The second kappa shape index (κ2) is 5.42. The molecule has 0 saturated heterocycles. The van der Waals surface area contributed by atoms with Gasteiger partial charge in [-0.3, -0.25) is 0 Å². The third-order valence-corrected chi connectivity index (χ3v) is 6.55. The van der Waals surface area contributed by atoms with Crippen molar-refractivity contribution in [3.8, 4) is 5.69 Å². The van der Waals surface area contributed by atoms with Crippen LogP contribution in [0.1, 0.15) is 62.6 Å². The Hall–Kier alpha value is -2.16. The van der Waals surface area contributed by atoms with Crippen LogP contribution in [-0.2, 0) is 0 Å². The number of rotatable bonds is 3. The molecule has 0 N–H and O–H groups in total. The molecule has 2 aromatic carbocycles. The highest BCUT2D eigenvalue weighted by molar-refractivity contribution is 5.89. The summed E-state index contributed by atoms with van der Waals surface area (Å²) in [5.41, 5.74) is 5.02. The van der Waals surface area contributed by atoms with Crippen LogP contribution in [0.2, 0.25) is 0 Å². The zero-order valence-electron chi connectivity index (χ0n) is 15.2. The van der Waals surface area contributed by atoms with Crippen LogP contribution in [0.15, 0.2) is 42.5 Å². The van der Waals surface area contributed by atoms with Crippen LogP contribution < -0.4 is 0 Å². The van der Waals surface area contributed by atoms with Gasteiger partial charge in [0.25, 0.3) is 0 Å². The van der Waals surface area contributed by atoms with E-state index in [9.17, 15) is 8.78 Å². The first kappa shape index (κ1) is 16.0. The maximum atomic E-state index is 14.0. The van der Waals surface area contributed by atoms with E-state index in [0.717, 1.165) is 5.52 Å². The molecule has 2 fully saturated rings. The standard InChI is InChI=1S/C23H23F2N/c1-14(2)22-21(17-13-23(17)10-5-11-23)16-6-3-4-7-20(16)26(22)15-8-9-18(24)19(25)12-15/h3-4,6-9,12,14,17H,5,10-11,13H2,1-2H3. The highest BCUT2D eigenvalue weighted by atomic mass is 19.2. The van der Waals surface area contributed by atoms with Gasteiger partial charge in [0.1, 0.15) is 0 Å². The summed E-state index contributed by atoms with van der Waals surface area (Å²) >= 11 is 0. The summed E-state index contributed by atoms with van der Waals surface area (Å²) in [6.45, 7) is 4.40. The fourth-order valence-corrected chi connectivity index (χ4v) is 5.06. The third kappa shape index (κ3) is 2.12. The topological polar surface area (TPSA) is 4.93 Å². The van der Waals surface area contributed by atoms with E-state index >= 15 is 0 Å². The lowest BCUT2D eigenvalue weighted by Gasteiger charge is -2.27. The van der Waals surface area contributed by atoms with Crippen LogP contribution in [0.4, 0.5) is 8.78 Å². The second-order valence-corrected chi connectivity index (χ2v) is 8.38. The number of hydrogen-bond acceptors (Lipinski definition) is 0. The molecular formula is C23H23F2N. The van der Waals surface area contributed by atoms with E-state index < -0.39 is 11.6 Å². The number of aromatic nitrogens is 1. The summed E-state index contributed by atoms with van der Waals surface area (Å²) in [5, 5.41) is 1.27. The van der Waals surface area contributed by atoms with Crippen LogP contribution in [0.3, 0.4) is 0 Å². The maximum absolute atomic E-state index is 14.0. The van der Waals surface area contributed by atoms with Gasteiger partial charge >= 0.3 is 0 Å². The molecule has 5 rings (SSSR count). The molecule has 3 aromatic rings. The number of halogens is 2. The van der Waals surface area contributed by atoms with E-state index in [1.807, 2.05) is 6.07 Å². The summed E-state index contributed by atoms with van der Waals surface area (Å²) in [6, 6.07) is 12.6. The SMILES string of the molecule is CC(C)c1c(C2CC23CCC3)c2ccccc2n1-c1ccc(F)c(F)c1. The molecule has 1 unspecified atom stereocenters. The Labute approximate surface area is 152 Å². The van der Waals surface area contributed by atoms with Crippen molar-refractivity contribution in [2.45, 2.75) is 51.4 Å². The fraction of sp³-hybridized carbons (Fsp3) is 0.391. The van der Waals surface area contributed by atoms with Crippen LogP contribution in [0.25, 0.3) is 16.6 Å². The molecule has 0 bridgehead atoms. The molecule has 2 aliphatic rings. The summed E-state index contributed by atoms with van der Waals surface area (Å²) in [4.78, 5) is 0. The van der Waals surface area contributed by atoms with E-state index in [0.29, 0.717) is 22.9 Å². The zero-order valence-corrected chi connectivity index (χ0v) is 15.2. The Morgan fingerprint density at radius 2 is 1.81 bits per heavy atom. The minimum atomic E-state index is -0.799. The molecule has 2 saturated carbocycles. The molecule has 26 heavy (non-hydrogen) atoms. The van der Waals surface area contributed by atoms with Crippen molar-refractivity contribution < 1.29 is 8.78 Å². The Morgan fingerprint density at radius 1 is 1.04 bits per heavy atom. The number of para-hydroxylation sites is 1. The van der Waals surface area contributed by atoms with Gasteiger partial charge in [-0.1, -0.05) is 38.5 Å². The van der Waals surface area contributed by atoms with Crippen LogP contribution in [-0.4, -0.2) is 4.57 Å². The summed E-state index contributed by atoms with van der Waals surface area (Å²) in [5.74, 6) is -0.668. The lowest BCUT2D eigenvalue weighted by atomic mass is 9.78. The van der Waals surface area contributed by atoms with Crippen molar-refractivity contribution >= 4 is 10.9 Å². The lowest BCUT2D eigenvalue weighted by molar-refractivity contribution is 0.277. The maximum Gasteiger partial charge on any atom is 0.160 e. The second-order valence-electron chi connectivity index (χ2n) is 8.38. The van der Waals surface area contributed by atoms with Gasteiger partial charge in [-0.05, 0) is 60.3 Å². The quantitative estimate of drug-likeness (QED) is 0.495. The molecule has 0 radical (unpaired) electrons. The van der Waals surface area contributed by atoms with Gasteiger partial charge in [0.2, 0.25) is 0 Å². The Kier molecular flexibility index (Phi) is 3.34. The Bertz CT molecular complexity index is 1010. The fourth-order valence-electron chi connectivity index (χ4n) is 5.06. The average molecular weight is 351 g/mol. The number of nitrogens with zero attached hydrogens (tertiary/aromatic N) is 1. The highest BCUT2D eigenvalue weighted by Gasteiger charge is 2.59. The summed E-state index contributed by atoms with van der Waals surface area (Å²) in [7, 11) is 0. The monoisotopic (exact) mass is 351 g/mol. The van der Waals surface area contributed by atoms with E-state index in [1.54, 1.807) is 6.07 Å². The zero-order chi connectivity index (χ0) is 18.1. The predicted octanol–water partition coefficient (Wildman–Crippen LogP) is 6.69. The number of fused-ring (bicyclic) bond motifs is 1. The molecular weight excluding hydrogens is 328 g/mol. The first-order valence-corrected chi connectivity index (χ1v) is 9.60. The van der Waals surface area contributed by atoms with Crippen molar-refractivity contribution in [1.82, 2.24) is 4.57 Å². The first-order chi connectivity index (χ1) is 12.5. The van der Waals surface area contributed by atoms with Gasteiger partial charge in [-0.2, -0.15) is 0 Å². The molecule has 0 amide bonds. The highest BCUT2D eigenvalue weighted by Crippen LogP contribution is 2.71. The van der Waals surface area contributed by atoms with E-state index in [4.69, 9.17) is 0 Å². The van der Waals surface area contributed by atoms with E-state index in [1.165, 1.54) is 54.5 Å². The van der Waals surface area contributed by atoms with Gasteiger partial charge in [0.05, 0.1) is 5.52 Å². The van der Waals surface area contributed by atoms with Gasteiger partial charge in [0.15, 0.2) is 11.6 Å². The molecule has 1 aromatic heterocycles. The van der Waals surface area contributed by atoms with Crippen molar-refractivity contribution in [1.29, 1.82) is 0 Å². The largest absolute Gasteiger partial charge is 0.313 e. The Balaban J connectivity index is 1.80. The van der Waals surface area contributed by atoms with Gasteiger partial charge in [-0.15, -0.1) is 0 Å². The predicted molar refractivity (Wildman–Crippen MR) is 101 cm³/mol. The van der Waals surface area contributed by atoms with E-state index in [2.05, 4.69) is 36.6 Å². The van der Waals surface area contributed by atoms with Crippen LogP contribution in [0.5, 0.6) is 0 Å². The van der Waals surface area contributed by atoms with Crippen LogP contribution >= 0.6 is 0 Å².